The van der Waals surface area contributed by atoms with E-state index in [-0.39, 0.29) is 23.5 Å². The van der Waals surface area contributed by atoms with Crippen molar-refractivity contribution in [3.8, 4) is 6.07 Å². The summed E-state index contributed by atoms with van der Waals surface area (Å²) in [6.45, 7) is 2.04. The van der Waals surface area contributed by atoms with Crippen LogP contribution >= 0.6 is 15.9 Å². The third-order valence-corrected chi connectivity index (χ3v) is 3.07. The average molecular weight is 296 g/mol. The van der Waals surface area contributed by atoms with Crippen molar-refractivity contribution in [2.24, 2.45) is 0 Å². The van der Waals surface area contributed by atoms with Gasteiger partial charge in [0.1, 0.15) is 0 Å². The van der Waals surface area contributed by atoms with Gasteiger partial charge in [-0.2, -0.15) is 5.26 Å². The highest BCUT2D eigenvalue weighted by Crippen LogP contribution is 2.24. The molecule has 0 saturated carbocycles. The monoisotopic (exact) mass is 295 g/mol. The standard InChI is InChI=1S/C12H10BrNO3/c1-2-17-11(16)5-8-3-4-9(6-14)10(7-15)12(8)13/h3-4,7H,2,5H2,1H3. The number of hydrogen-bond donors (Lipinski definition) is 0. The molecule has 0 unspecified atom stereocenters. The normalized spacial score (nSPS) is 9.47. The largest absolute Gasteiger partial charge is 0.466 e. The van der Waals surface area contributed by atoms with Gasteiger partial charge in [-0.3, -0.25) is 9.59 Å². The first-order valence-corrected chi connectivity index (χ1v) is 5.75. The van der Waals surface area contributed by atoms with Crippen LogP contribution in [-0.4, -0.2) is 18.9 Å². The molecule has 0 aromatic heterocycles. The van der Waals surface area contributed by atoms with E-state index in [0.29, 0.717) is 22.9 Å². The molecule has 0 saturated heterocycles. The summed E-state index contributed by atoms with van der Waals surface area (Å²) in [7, 11) is 0. The highest BCUT2D eigenvalue weighted by Gasteiger charge is 2.13. The second kappa shape index (κ2) is 6.16. The number of nitrogens with zero attached hydrogens (tertiary/aromatic N) is 1. The lowest BCUT2D eigenvalue weighted by molar-refractivity contribution is -0.142. The lowest BCUT2D eigenvalue weighted by Crippen LogP contribution is -2.09. The van der Waals surface area contributed by atoms with Crippen LogP contribution in [0.25, 0.3) is 0 Å². The number of carbonyl (C=O) groups is 2. The Hall–Kier alpha value is -1.67. The summed E-state index contributed by atoms with van der Waals surface area (Å²) in [5.74, 6) is -0.366. The van der Waals surface area contributed by atoms with Gasteiger partial charge in [0.05, 0.1) is 24.7 Å². The van der Waals surface area contributed by atoms with Crippen molar-refractivity contribution in [3.05, 3.63) is 33.3 Å². The van der Waals surface area contributed by atoms with Gasteiger partial charge in [-0.05, 0) is 34.5 Å². The van der Waals surface area contributed by atoms with Gasteiger partial charge in [0.15, 0.2) is 6.29 Å². The van der Waals surface area contributed by atoms with Crippen molar-refractivity contribution in [1.82, 2.24) is 0 Å². The molecule has 0 fully saturated rings. The molecule has 5 heteroatoms. The Balaban J connectivity index is 3.08. The second-order valence-electron chi connectivity index (χ2n) is 3.21. The topological polar surface area (TPSA) is 67.2 Å². The van der Waals surface area contributed by atoms with Crippen LogP contribution in [-0.2, 0) is 16.0 Å². The van der Waals surface area contributed by atoms with Crippen molar-refractivity contribution in [1.29, 1.82) is 5.26 Å². The number of ether oxygens (including phenoxy) is 1. The van der Waals surface area contributed by atoms with E-state index in [2.05, 4.69) is 15.9 Å². The van der Waals surface area contributed by atoms with Gasteiger partial charge >= 0.3 is 5.97 Å². The molecule has 4 nitrogen and oxygen atoms in total. The summed E-state index contributed by atoms with van der Waals surface area (Å²) in [5, 5.41) is 8.81. The molecule has 0 bridgehead atoms. The molecule has 1 rings (SSSR count). The maximum Gasteiger partial charge on any atom is 0.310 e. The summed E-state index contributed by atoms with van der Waals surface area (Å²) in [6, 6.07) is 5.06. The third-order valence-electron chi connectivity index (χ3n) is 2.14. The molecule has 0 aliphatic rings. The van der Waals surface area contributed by atoms with Crippen molar-refractivity contribution in [3.63, 3.8) is 0 Å². The van der Waals surface area contributed by atoms with Gasteiger partial charge in [-0.25, -0.2) is 0 Å². The SMILES string of the molecule is CCOC(=O)Cc1ccc(C#N)c(C=O)c1Br. The minimum absolute atomic E-state index is 0.0704. The van der Waals surface area contributed by atoms with E-state index < -0.39 is 0 Å². The highest BCUT2D eigenvalue weighted by molar-refractivity contribution is 9.10. The molecule has 0 amide bonds. The van der Waals surface area contributed by atoms with E-state index in [1.807, 2.05) is 6.07 Å². The first-order valence-electron chi connectivity index (χ1n) is 4.96. The number of rotatable bonds is 4. The third kappa shape index (κ3) is 3.14. The van der Waals surface area contributed by atoms with Crippen molar-refractivity contribution < 1.29 is 14.3 Å². The minimum Gasteiger partial charge on any atom is -0.466 e. The molecule has 17 heavy (non-hydrogen) atoms. The second-order valence-corrected chi connectivity index (χ2v) is 4.00. The maximum absolute atomic E-state index is 11.3. The van der Waals surface area contributed by atoms with Crippen LogP contribution in [0.4, 0.5) is 0 Å². The zero-order valence-electron chi connectivity index (χ0n) is 9.20. The Morgan fingerprint density at radius 2 is 2.29 bits per heavy atom. The van der Waals surface area contributed by atoms with Crippen LogP contribution in [0, 0.1) is 11.3 Å². The summed E-state index contributed by atoms with van der Waals surface area (Å²) in [5.41, 5.74) is 1.17. The van der Waals surface area contributed by atoms with Crippen LogP contribution in [0.15, 0.2) is 16.6 Å². The molecule has 88 valence electrons. The van der Waals surface area contributed by atoms with Gasteiger partial charge in [-0.1, -0.05) is 6.07 Å². The zero-order valence-corrected chi connectivity index (χ0v) is 10.8. The quantitative estimate of drug-likeness (QED) is 0.631. The van der Waals surface area contributed by atoms with Gasteiger partial charge in [0.25, 0.3) is 0 Å². The van der Waals surface area contributed by atoms with E-state index in [0.717, 1.165) is 0 Å². The number of carbonyl (C=O) groups excluding carboxylic acids is 2. The maximum atomic E-state index is 11.3. The number of hydrogen-bond acceptors (Lipinski definition) is 4. The van der Waals surface area contributed by atoms with E-state index in [9.17, 15) is 9.59 Å². The lowest BCUT2D eigenvalue weighted by atomic mass is 10.0. The molecule has 0 aliphatic heterocycles. The van der Waals surface area contributed by atoms with Crippen LogP contribution in [0.1, 0.15) is 28.4 Å². The van der Waals surface area contributed by atoms with Crippen molar-refractivity contribution in [2.45, 2.75) is 13.3 Å². The molecular formula is C12H10BrNO3. The Kier molecular flexibility index (Phi) is 4.85. The molecular weight excluding hydrogens is 286 g/mol. The van der Waals surface area contributed by atoms with Gasteiger partial charge in [0, 0.05) is 10.0 Å². The Morgan fingerprint density at radius 3 is 2.82 bits per heavy atom. The summed E-state index contributed by atoms with van der Waals surface area (Å²) < 4.78 is 5.29. The minimum atomic E-state index is -0.366. The van der Waals surface area contributed by atoms with Crippen LogP contribution in [0.5, 0.6) is 0 Å². The summed E-state index contributed by atoms with van der Waals surface area (Å²) in [6.07, 6.45) is 0.665. The van der Waals surface area contributed by atoms with Crippen LogP contribution in [0.2, 0.25) is 0 Å². The van der Waals surface area contributed by atoms with E-state index in [1.54, 1.807) is 13.0 Å². The molecule has 1 aromatic carbocycles. The molecule has 0 spiro atoms. The predicted molar refractivity (Wildman–Crippen MR) is 64.6 cm³/mol. The Labute approximate surface area is 107 Å². The highest BCUT2D eigenvalue weighted by atomic mass is 79.9. The fraction of sp³-hybridized carbons (Fsp3) is 0.250. The van der Waals surface area contributed by atoms with Gasteiger partial charge < -0.3 is 4.74 Å². The average Bonchev–Trinajstić information content (AvgIpc) is 2.31. The first kappa shape index (κ1) is 13.4. The zero-order chi connectivity index (χ0) is 12.8. The van der Waals surface area contributed by atoms with Crippen LogP contribution in [0.3, 0.4) is 0 Å². The van der Waals surface area contributed by atoms with Gasteiger partial charge in [-0.15, -0.1) is 0 Å². The van der Waals surface area contributed by atoms with Gasteiger partial charge in [0.2, 0.25) is 0 Å². The van der Waals surface area contributed by atoms with Crippen molar-refractivity contribution in [2.75, 3.05) is 6.61 Å². The summed E-state index contributed by atoms with van der Waals surface area (Å²) >= 11 is 3.22. The fourth-order valence-electron chi connectivity index (χ4n) is 1.35. The number of esters is 1. The molecule has 1 aromatic rings. The Bertz CT molecular complexity index is 491. The summed E-state index contributed by atoms with van der Waals surface area (Å²) in [4.78, 5) is 22.2. The molecule has 0 N–H and O–H groups in total. The number of halogens is 1. The number of aldehydes is 1. The molecule has 0 atom stereocenters. The molecule has 0 radical (unpaired) electrons. The smallest absolute Gasteiger partial charge is 0.310 e. The van der Waals surface area contributed by atoms with E-state index >= 15 is 0 Å². The van der Waals surface area contributed by atoms with E-state index in [4.69, 9.17) is 10.00 Å². The Morgan fingerprint density at radius 1 is 1.59 bits per heavy atom. The lowest BCUT2D eigenvalue weighted by Gasteiger charge is -2.07. The fourth-order valence-corrected chi connectivity index (χ4v) is 1.93. The molecule has 0 heterocycles. The molecule has 0 aliphatic carbocycles. The van der Waals surface area contributed by atoms with Crippen LogP contribution < -0.4 is 0 Å². The van der Waals surface area contributed by atoms with E-state index in [1.165, 1.54) is 6.07 Å². The predicted octanol–water partition coefficient (Wildman–Crippen LogP) is 2.24. The number of benzene rings is 1. The first-order chi connectivity index (χ1) is 8.13. The number of nitriles is 1. The van der Waals surface area contributed by atoms with Crippen molar-refractivity contribution >= 4 is 28.2 Å².